The van der Waals surface area contributed by atoms with Gasteiger partial charge in [0.1, 0.15) is 12.1 Å². The zero-order valence-electron chi connectivity index (χ0n) is 9.96. The highest BCUT2D eigenvalue weighted by atomic mass is 32.2. The van der Waals surface area contributed by atoms with Gasteiger partial charge in [-0.25, -0.2) is 9.59 Å². The number of carboxylic acids is 1. The molecule has 2 rings (SSSR count). The number of amides is 3. The van der Waals surface area contributed by atoms with Crippen LogP contribution in [0, 0.1) is 0 Å². The van der Waals surface area contributed by atoms with Crippen LogP contribution < -0.4 is 5.32 Å². The van der Waals surface area contributed by atoms with E-state index in [0.717, 1.165) is 0 Å². The molecule has 2 saturated heterocycles. The number of carbonyl (C=O) groups excluding carboxylic acids is 2. The van der Waals surface area contributed by atoms with E-state index in [0.29, 0.717) is 24.6 Å². The summed E-state index contributed by atoms with van der Waals surface area (Å²) in [6.07, 6.45) is 0.569. The van der Waals surface area contributed by atoms with E-state index in [1.807, 2.05) is 0 Å². The lowest BCUT2D eigenvalue weighted by Crippen LogP contribution is -2.51. The standard InChI is InChI=1S/C10H15N3O4S/c1-12-3-2-6(8(12)14)11-10(17)13-5-18-4-7(13)9(15)16/h6-7H,2-5H2,1H3,(H,11,17)(H,15,16). The Bertz CT molecular complexity index is 389. The molecule has 3 amide bonds. The highest BCUT2D eigenvalue weighted by Gasteiger charge is 2.37. The maximum absolute atomic E-state index is 11.9. The maximum Gasteiger partial charge on any atom is 0.327 e. The van der Waals surface area contributed by atoms with Gasteiger partial charge in [0.05, 0.1) is 5.88 Å². The average Bonchev–Trinajstić information content (AvgIpc) is 2.91. The van der Waals surface area contributed by atoms with Crippen molar-refractivity contribution < 1.29 is 19.5 Å². The van der Waals surface area contributed by atoms with Gasteiger partial charge in [0, 0.05) is 19.3 Å². The SMILES string of the molecule is CN1CCC(NC(=O)N2CSCC2C(=O)O)C1=O. The summed E-state index contributed by atoms with van der Waals surface area (Å²) in [6, 6.07) is -1.80. The summed E-state index contributed by atoms with van der Waals surface area (Å²) in [7, 11) is 1.68. The Hall–Kier alpha value is -1.44. The molecule has 0 aromatic carbocycles. The van der Waals surface area contributed by atoms with Gasteiger partial charge in [-0.05, 0) is 6.42 Å². The van der Waals surface area contributed by atoms with E-state index in [2.05, 4.69) is 5.32 Å². The van der Waals surface area contributed by atoms with E-state index in [4.69, 9.17) is 5.11 Å². The van der Waals surface area contributed by atoms with Gasteiger partial charge in [-0.3, -0.25) is 4.79 Å². The van der Waals surface area contributed by atoms with Gasteiger partial charge >= 0.3 is 12.0 Å². The largest absolute Gasteiger partial charge is 0.480 e. The van der Waals surface area contributed by atoms with Gasteiger partial charge in [0.2, 0.25) is 5.91 Å². The number of rotatable bonds is 2. The monoisotopic (exact) mass is 273 g/mol. The van der Waals surface area contributed by atoms with Crippen LogP contribution in [0.15, 0.2) is 0 Å². The van der Waals surface area contributed by atoms with Crippen molar-refractivity contribution >= 4 is 29.7 Å². The second kappa shape index (κ2) is 5.05. The van der Waals surface area contributed by atoms with E-state index in [1.165, 1.54) is 16.7 Å². The number of aliphatic carboxylic acids is 1. The van der Waals surface area contributed by atoms with Gasteiger partial charge < -0.3 is 20.2 Å². The summed E-state index contributed by atoms with van der Waals surface area (Å²) < 4.78 is 0. The Labute approximate surface area is 108 Å². The molecule has 0 radical (unpaired) electrons. The molecule has 2 aliphatic heterocycles. The second-order valence-electron chi connectivity index (χ2n) is 4.37. The van der Waals surface area contributed by atoms with E-state index >= 15 is 0 Å². The topological polar surface area (TPSA) is 90.0 Å². The van der Waals surface area contributed by atoms with E-state index in [1.54, 1.807) is 11.9 Å². The third kappa shape index (κ3) is 2.38. The van der Waals surface area contributed by atoms with Crippen molar-refractivity contribution in [2.24, 2.45) is 0 Å². The third-order valence-corrected chi connectivity index (χ3v) is 4.17. The molecule has 0 aromatic heterocycles. The first kappa shape index (κ1) is 13.0. The zero-order valence-corrected chi connectivity index (χ0v) is 10.8. The van der Waals surface area contributed by atoms with Crippen molar-refractivity contribution in [3.8, 4) is 0 Å². The van der Waals surface area contributed by atoms with Crippen molar-refractivity contribution in [1.82, 2.24) is 15.1 Å². The summed E-state index contributed by atoms with van der Waals surface area (Å²) in [5.41, 5.74) is 0. The lowest BCUT2D eigenvalue weighted by atomic mass is 10.2. The van der Waals surface area contributed by atoms with E-state index in [-0.39, 0.29) is 5.91 Å². The van der Waals surface area contributed by atoms with Crippen LogP contribution in [0.5, 0.6) is 0 Å². The quantitative estimate of drug-likeness (QED) is 0.700. The number of nitrogens with zero attached hydrogens (tertiary/aromatic N) is 2. The molecule has 2 aliphatic rings. The molecular weight excluding hydrogens is 258 g/mol. The Morgan fingerprint density at radius 1 is 1.50 bits per heavy atom. The first-order chi connectivity index (χ1) is 8.50. The molecule has 2 fully saturated rings. The van der Waals surface area contributed by atoms with Gasteiger partial charge in [0.15, 0.2) is 0 Å². The lowest BCUT2D eigenvalue weighted by molar-refractivity contribution is -0.140. The van der Waals surface area contributed by atoms with Crippen molar-refractivity contribution in [3.63, 3.8) is 0 Å². The molecule has 0 bridgehead atoms. The predicted octanol–water partition coefficient (Wildman–Crippen LogP) is -0.614. The van der Waals surface area contributed by atoms with Gasteiger partial charge in [-0.1, -0.05) is 0 Å². The minimum Gasteiger partial charge on any atom is -0.480 e. The first-order valence-electron chi connectivity index (χ1n) is 5.63. The van der Waals surface area contributed by atoms with Gasteiger partial charge in [-0.2, -0.15) is 0 Å². The van der Waals surface area contributed by atoms with Crippen molar-refractivity contribution in [1.29, 1.82) is 0 Å². The molecule has 18 heavy (non-hydrogen) atoms. The first-order valence-corrected chi connectivity index (χ1v) is 6.79. The maximum atomic E-state index is 11.9. The number of nitrogens with one attached hydrogen (secondary N) is 1. The van der Waals surface area contributed by atoms with Crippen molar-refractivity contribution in [3.05, 3.63) is 0 Å². The van der Waals surface area contributed by atoms with Gasteiger partial charge in [0.25, 0.3) is 0 Å². The van der Waals surface area contributed by atoms with Gasteiger partial charge in [-0.15, -0.1) is 11.8 Å². The number of likely N-dealkylation sites (tertiary alicyclic amines) is 1. The lowest BCUT2D eigenvalue weighted by Gasteiger charge is -2.22. The molecule has 2 heterocycles. The number of hydrogen-bond donors (Lipinski definition) is 2. The van der Waals surface area contributed by atoms with Crippen LogP contribution >= 0.6 is 11.8 Å². The van der Waals surface area contributed by atoms with Crippen LogP contribution in [-0.4, -0.2) is 70.1 Å². The summed E-state index contributed by atoms with van der Waals surface area (Å²) in [6.45, 7) is 0.612. The summed E-state index contributed by atoms with van der Waals surface area (Å²) in [5.74, 6) is -0.395. The summed E-state index contributed by atoms with van der Waals surface area (Å²) in [5, 5.41) is 11.6. The fourth-order valence-electron chi connectivity index (χ4n) is 2.04. The highest BCUT2D eigenvalue weighted by molar-refractivity contribution is 7.99. The number of urea groups is 1. The number of likely N-dealkylation sites (N-methyl/N-ethyl adjacent to an activating group) is 1. The van der Waals surface area contributed by atoms with Crippen LogP contribution in [-0.2, 0) is 9.59 Å². The summed E-state index contributed by atoms with van der Waals surface area (Å²) in [4.78, 5) is 37.4. The molecule has 100 valence electrons. The van der Waals surface area contributed by atoms with Crippen molar-refractivity contribution in [2.75, 3.05) is 25.2 Å². The van der Waals surface area contributed by atoms with Crippen LogP contribution in [0.25, 0.3) is 0 Å². The molecule has 8 heteroatoms. The molecular formula is C10H15N3O4S. The van der Waals surface area contributed by atoms with E-state index < -0.39 is 24.1 Å². The Morgan fingerprint density at radius 2 is 2.22 bits per heavy atom. The molecule has 7 nitrogen and oxygen atoms in total. The minimum absolute atomic E-state index is 0.123. The fourth-order valence-corrected chi connectivity index (χ4v) is 3.18. The number of carboxylic acid groups (broad SMARTS) is 1. The Kier molecular flexibility index (Phi) is 3.65. The molecule has 2 unspecified atom stereocenters. The van der Waals surface area contributed by atoms with Crippen LogP contribution in [0.3, 0.4) is 0 Å². The number of hydrogen-bond acceptors (Lipinski definition) is 4. The van der Waals surface area contributed by atoms with Crippen LogP contribution in [0.1, 0.15) is 6.42 Å². The third-order valence-electron chi connectivity index (χ3n) is 3.15. The molecule has 0 aromatic rings. The van der Waals surface area contributed by atoms with Crippen LogP contribution in [0.4, 0.5) is 4.79 Å². The predicted molar refractivity (Wildman–Crippen MR) is 65.2 cm³/mol. The minimum atomic E-state index is -1.01. The number of thioether (sulfide) groups is 1. The average molecular weight is 273 g/mol. The van der Waals surface area contributed by atoms with E-state index in [9.17, 15) is 14.4 Å². The second-order valence-corrected chi connectivity index (χ2v) is 5.37. The van der Waals surface area contributed by atoms with Crippen LogP contribution in [0.2, 0.25) is 0 Å². The molecule has 2 atom stereocenters. The zero-order chi connectivity index (χ0) is 13.3. The molecule has 0 saturated carbocycles. The highest BCUT2D eigenvalue weighted by Crippen LogP contribution is 2.21. The Balaban J connectivity index is 1.96. The Morgan fingerprint density at radius 3 is 2.78 bits per heavy atom. The number of carbonyl (C=O) groups is 3. The smallest absolute Gasteiger partial charge is 0.327 e. The molecule has 2 N–H and O–H groups in total. The normalized spacial score (nSPS) is 27.7. The summed E-state index contributed by atoms with van der Waals surface area (Å²) >= 11 is 1.40. The molecule has 0 aliphatic carbocycles. The fraction of sp³-hybridized carbons (Fsp3) is 0.700. The van der Waals surface area contributed by atoms with Crippen molar-refractivity contribution in [2.45, 2.75) is 18.5 Å². The molecule has 0 spiro atoms.